The monoisotopic (exact) mass is 470 g/mol. The smallest absolute Gasteiger partial charge is 0.307 e. The first-order valence-corrected chi connectivity index (χ1v) is 12.9. The Morgan fingerprint density at radius 3 is 2.62 bits per heavy atom. The molecule has 7 heteroatoms. The Hall–Kier alpha value is -2.25. The van der Waals surface area contributed by atoms with E-state index in [1.54, 1.807) is 30.4 Å². The van der Waals surface area contributed by atoms with Gasteiger partial charge in [0, 0.05) is 17.9 Å². The topological polar surface area (TPSA) is 62.7 Å². The summed E-state index contributed by atoms with van der Waals surface area (Å²) in [5.41, 5.74) is 8.27. The number of carboxylic acids is 1. The molecule has 2 heterocycles. The molecule has 0 saturated heterocycles. The van der Waals surface area contributed by atoms with E-state index in [9.17, 15) is 9.90 Å². The number of fused-ring (bicyclic) bond motifs is 1. The molecule has 4 rings (SSSR count). The summed E-state index contributed by atoms with van der Waals surface area (Å²) >= 11 is 3.30. The molecule has 2 aliphatic rings. The summed E-state index contributed by atoms with van der Waals surface area (Å²) < 4.78 is 7.74. The van der Waals surface area contributed by atoms with Crippen LogP contribution in [0.25, 0.3) is 0 Å². The maximum absolute atomic E-state index is 11.9. The lowest BCUT2D eigenvalue weighted by atomic mass is 9.69. The Balaban J connectivity index is 1.84. The molecule has 1 aliphatic heterocycles. The summed E-state index contributed by atoms with van der Waals surface area (Å²) in [5.74, 6) is -0.496. The lowest BCUT2D eigenvalue weighted by molar-refractivity contribution is -0.136. The van der Waals surface area contributed by atoms with E-state index in [2.05, 4.69) is 55.6 Å². The standard InChI is InChI=1S/C25H30N2O3S2/c1-14-6-8-17(9-7-14)23-15(2)18-10-11-20-21(32-25(26-20)30-4)13-27(31-5)24(18)16(3)19(23)12-22(28)29/h6-9,15,23H,10-13H2,1-5H3,(H,28,29). The van der Waals surface area contributed by atoms with Crippen LogP contribution in [0.3, 0.4) is 0 Å². The van der Waals surface area contributed by atoms with Crippen molar-refractivity contribution in [3.63, 3.8) is 0 Å². The van der Waals surface area contributed by atoms with Gasteiger partial charge in [0.2, 0.25) is 0 Å². The van der Waals surface area contributed by atoms with Gasteiger partial charge in [-0.15, -0.1) is 0 Å². The van der Waals surface area contributed by atoms with Gasteiger partial charge in [0.15, 0.2) is 0 Å². The van der Waals surface area contributed by atoms with Gasteiger partial charge < -0.3 is 14.1 Å². The largest absolute Gasteiger partial charge is 0.481 e. The van der Waals surface area contributed by atoms with Gasteiger partial charge in [-0.05, 0) is 54.9 Å². The first-order chi connectivity index (χ1) is 15.3. The number of carboxylic acid groups (broad SMARTS) is 1. The van der Waals surface area contributed by atoms with Gasteiger partial charge in [-0.25, -0.2) is 4.98 Å². The molecule has 0 spiro atoms. The highest BCUT2D eigenvalue weighted by Gasteiger charge is 2.38. The average Bonchev–Trinajstić information content (AvgIpc) is 3.14. The second kappa shape index (κ2) is 9.32. The van der Waals surface area contributed by atoms with Crippen LogP contribution >= 0.6 is 23.3 Å². The van der Waals surface area contributed by atoms with Gasteiger partial charge in [-0.1, -0.05) is 60.0 Å². The Labute approximate surface area is 198 Å². The van der Waals surface area contributed by atoms with Crippen molar-refractivity contribution < 1.29 is 14.6 Å². The van der Waals surface area contributed by atoms with E-state index >= 15 is 0 Å². The van der Waals surface area contributed by atoms with Crippen LogP contribution in [0.1, 0.15) is 54.3 Å². The maximum Gasteiger partial charge on any atom is 0.307 e. The van der Waals surface area contributed by atoms with Crippen molar-refractivity contribution in [1.82, 2.24) is 9.29 Å². The summed E-state index contributed by atoms with van der Waals surface area (Å²) in [4.78, 5) is 17.8. The number of carbonyl (C=O) groups is 1. The zero-order chi connectivity index (χ0) is 23.0. The van der Waals surface area contributed by atoms with E-state index in [1.807, 2.05) is 0 Å². The summed E-state index contributed by atoms with van der Waals surface area (Å²) in [6, 6.07) is 8.57. The number of benzene rings is 1. The van der Waals surface area contributed by atoms with Gasteiger partial charge in [0.1, 0.15) is 0 Å². The second-order valence-corrected chi connectivity index (χ2v) is 10.4. The average molecular weight is 471 g/mol. The van der Waals surface area contributed by atoms with Crippen molar-refractivity contribution in [3.05, 3.63) is 68.4 Å². The minimum absolute atomic E-state index is 0.0628. The highest BCUT2D eigenvalue weighted by molar-refractivity contribution is 7.96. The molecule has 2 aromatic rings. The number of rotatable bonds is 5. The van der Waals surface area contributed by atoms with Crippen LogP contribution in [0.2, 0.25) is 0 Å². The number of methoxy groups -OCH3 is 1. The first kappa shape index (κ1) is 22.9. The third-order valence-electron chi connectivity index (χ3n) is 6.67. The number of hydrogen-bond donors (Lipinski definition) is 1. The fraction of sp³-hybridized carbons (Fsp3) is 0.440. The summed E-state index contributed by atoms with van der Waals surface area (Å²) in [7, 11) is 1.67. The van der Waals surface area contributed by atoms with Crippen molar-refractivity contribution in [2.24, 2.45) is 5.92 Å². The molecule has 2 unspecified atom stereocenters. The molecule has 0 bridgehead atoms. The number of hydrogen-bond acceptors (Lipinski definition) is 6. The van der Waals surface area contributed by atoms with Crippen LogP contribution in [-0.2, 0) is 17.8 Å². The van der Waals surface area contributed by atoms with Crippen LogP contribution in [0, 0.1) is 12.8 Å². The van der Waals surface area contributed by atoms with Crippen LogP contribution in [-0.4, -0.2) is 33.7 Å². The Morgan fingerprint density at radius 1 is 1.28 bits per heavy atom. The molecule has 1 aromatic heterocycles. The van der Waals surface area contributed by atoms with Crippen molar-refractivity contribution in [2.45, 2.75) is 52.5 Å². The van der Waals surface area contributed by atoms with Crippen molar-refractivity contribution in [3.8, 4) is 5.19 Å². The molecule has 0 amide bonds. The zero-order valence-electron chi connectivity index (χ0n) is 19.3. The van der Waals surface area contributed by atoms with Crippen LogP contribution in [0.5, 0.6) is 5.19 Å². The molecule has 1 aliphatic carbocycles. The minimum Gasteiger partial charge on any atom is -0.481 e. The molecule has 0 fully saturated rings. The zero-order valence-corrected chi connectivity index (χ0v) is 20.9. The molecule has 0 radical (unpaired) electrons. The second-order valence-electron chi connectivity index (χ2n) is 8.54. The number of nitrogens with zero attached hydrogens (tertiary/aromatic N) is 2. The van der Waals surface area contributed by atoms with Gasteiger partial charge >= 0.3 is 5.97 Å². The van der Waals surface area contributed by atoms with E-state index in [0.717, 1.165) is 36.2 Å². The predicted molar refractivity (Wildman–Crippen MR) is 131 cm³/mol. The highest BCUT2D eigenvalue weighted by atomic mass is 32.2. The number of aromatic nitrogens is 1. The SMILES string of the molecule is COc1nc2c(s1)CN(SC)C1=C(CC2)C(C)C(c2ccc(C)cc2)C(CC(=O)O)=C1C. The Kier molecular flexibility index (Phi) is 6.67. The number of ether oxygens (including phenoxy) is 1. The van der Waals surface area contributed by atoms with Gasteiger partial charge in [0.25, 0.3) is 5.19 Å². The van der Waals surface area contributed by atoms with Crippen LogP contribution in [0.4, 0.5) is 0 Å². The molecule has 2 atom stereocenters. The maximum atomic E-state index is 11.9. The Morgan fingerprint density at radius 2 is 2.00 bits per heavy atom. The summed E-state index contributed by atoms with van der Waals surface area (Å²) in [6.07, 6.45) is 3.94. The molecule has 170 valence electrons. The van der Waals surface area contributed by atoms with Crippen molar-refractivity contribution >= 4 is 29.3 Å². The van der Waals surface area contributed by atoms with Crippen molar-refractivity contribution in [2.75, 3.05) is 13.4 Å². The number of aliphatic carboxylic acids is 1. The van der Waals surface area contributed by atoms with E-state index < -0.39 is 5.97 Å². The molecule has 5 nitrogen and oxygen atoms in total. The quantitative estimate of drug-likeness (QED) is 0.544. The minimum atomic E-state index is -0.774. The van der Waals surface area contributed by atoms with Gasteiger partial charge in [-0.2, -0.15) is 0 Å². The van der Waals surface area contributed by atoms with Gasteiger partial charge in [0.05, 0.1) is 30.6 Å². The lowest BCUT2D eigenvalue weighted by Crippen LogP contribution is -2.30. The van der Waals surface area contributed by atoms with Crippen LogP contribution < -0.4 is 4.74 Å². The van der Waals surface area contributed by atoms with E-state index in [4.69, 9.17) is 9.72 Å². The van der Waals surface area contributed by atoms with E-state index in [-0.39, 0.29) is 18.3 Å². The van der Waals surface area contributed by atoms with Crippen LogP contribution in [0.15, 0.2) is 46.7 Å². The highest BCUT2D eigenvalue weighted by Crippen LogP contribution is 2.50. The molecular weight excluding hydrogens is 440 g/mol. The summed E-state index contributed by atoms with van der Waals surface area (Å²) in [5, 5.41) is 10.5. The number of thiazole rings is 1. The lowest BCUT2D eigenvalue weighted by Gasteiger charge is -2.41. The molecule has 1 N–H and O–H groups in total. The fourth-order valence-electron chi connectivity index (χ4n) is 5.09. The van der Waals surface area contributed by atoms with Gasteiger partial charge in [-0.3, -0.25) is 4.79 Å². The summed E-state index contributed by atoms with van der Waals surface area (Å²) in [6.45, 7) is 7.20. The molecule has 32 heavy (non-hydrogen) atoms. The predicted octanol–water partition coefficient (Wildman–Crippen LogP) is 5.97. The number of allylic oxidation sites excluding steroid dienone is 2. The number of aryl methyl sites for hydroxylation is 2. The molecular formula is C25H30N2O3S2. The van der Waals surface area contributed by atoms with E-state index in [0.29, 0.717) is 5.19 Å². The Bertz CT molecular complexity index is 1090. The molecule has 0 saturated carbocycles. The third kappa shape index (κ3) is 4.20. The fourth-order valence-corrected chi connectivity index (χ4v) is 6.78. The normalized spacial score (nSPS) is 21.1. The van der Waals surface area contributed by atoms with E-state index in [1.165, 1.54) is 27.3 Å². The van der Waals surface area contributed by atoms with Crippen molar-refractivity contribution in [1.29, 1.82) is 0 Å². The first-order valence-electron chi connectivity index (χ1n) is 10.9. The third-order valence-corrected chi connectivity index (χ3v) is 8.46. The molecule has 1 aromatic carbocycles.